The van der Waals surface area contributed by atoms with Crippen molar-refractivity contribution in [3.05, 3.63) is 66.0 Å². The first-order valence-corrected chi connectivity index (χ1v) is 9.37. The Bertz CT molecular complexity index is 859. The van der Waals surface area contributed by atoms with Crippen LogP contribution in [0.2, 0.25) is 0 Å². The van der Waals surface area contributed by atoms with E-state index in [0.29, 0.717) is 5.92 Å². The van der Waals surface area contributed by atoms with Crippen LogP contribution in [-0.4, -0.2) is 49.5 Å². The van der Waals surface area contributed by atoms with Gasteiger partial charge in [0, 0.05) is 31.4 Å². The van der Waals surface area contributed by atoms with E-state index in [1.807, 2.05) is 43.3 Å². The fourth-order valence-electron chi connectivity index (χ4n) is 3.85. The van der Waals surface area contributed by atoms with E-state index in [4.69, 9.17) is 0 Å². The number of rotatable bonds is 5. The highest BCUT2D eigenvalue weighted by molar-refractivity contribution is 5.30. The second kappa shape index (κ2) is 7.84. The lowest BCUT2D eigenvalue weighted by molar-refractivity contribution is 0.243. The zero-order chi connectivity index (χ0) is 18.6. The summed E-state index contributed by atoms with van der Waals surface area (Å²) in [5, 5.41) is 18.9. The van der Waals surface area contributed by atoms with Gasteiger partial charge in [0.15, 0.2) is 0 Å². The Morgan fingerprint density at radius 1 is 1.04 bits per heavy atom. The summed E-state index contributed by atoms with van der Waals surface area (Å²) >= 11 is 0. The number of aliphatic hydroxyl groups is 1. The standard InChI is InChI=1S/C20H24N6O/c1-15-23-24-19(26(15)18(14-27)16-6-3-2-4-7-16)17-8-12-25(13-9-17)20-21-10-5-11-22-20/h2-7,10-11,17-18,27H,8-9,12-14H2,1H3/t18-/m0/s1. The smallest absolute Gasteiger partial charge is 0.225 e. The molecule has 4 rings (SSSR count). The number of hydrogen-bond donors (Lipinski definition) is 1. The molecule has 140 valence electrons. The average molecular weight is 364 g/mol. The van der Waals surface area contributed by atoms with Crippen molar-refractivity contribution in [3.63, 3.8) is 0 Å². The second-order valence-electron chi connectivity index (χ2n) is 6.89. The van der Waals surface area contributed by atoms with Crippen molar-refractivity contribution >= 4 is 5.95 Å². The lowest BCUT2D eigenvalue weighted by atomic mass is 9.95. The lowest BCUT2D eigenvalue weighted by Gasteiger charge is -2.32. The maximum absolute atomic E-state index is 10.1. The van der Waals surface area contributed by atoms with Gasteiger partial charge in [-0.1, -0.05) is 30.3 Å². The maximum atomic E-state index is 10.1. The van der Waals surface area contributed by atoms with Crippen molar-refractivity contribution in [2.75, 3.05) is 24.6 Å². The predicted octanol–water partition coefficient (Wildman–Crippen LogP) is 2.34. The van der Waals surface area contributed by atoms with E-state index < -0.39 is 0 Å². The molecule has 1 N–H and O–H groups in total. The summed E-state index contributed by atoms with van der Waals surface area (Å²) in [4.78, 5) is 10.9. The Kier molecular flexibility index (Phi) is 5.11. The summed E-state index contributed by atoms with van der Waals surface area (Å²) in [5.74, 6) is 2.89. The molecule has 27 heavy (non-hydrogen) atoms. The van der Waals surface area contributed by atoms with Gasteiger partial charge in [-0.2, -0.15) is 0 Å². The fraction of sp³-hybridized carbons (Fsp3) is 0.400. The Morgan fingerprint density at radius 3 is 2.41 bits per heavy atom. The molecule has 0 saturated carbocycles. The average Bonchev–Trinajstić information content (AvgIpc) is 3.12. The van der Waals surface area contributed by atoms with Gasteiger partial charge in [0.25, 0.3) is 0 Å². The van der Waals surface area contributed by atoms with Gasteiger partial charge < -0.3 is 14.6 Å². The summed E-state index contributed by atoms with van der Waals surface area (Å²) in [6.45, 7) is 3.74. The van der Waals surface area contributed by atoms with Gasteiger partial charge in [0.1, 0.15) is 11.6 Å². The van der Waals surface area contributed by atoms with Crippen LogP contribution in [0.4, 0.5) is 5.95 Å². The zero-order valence-corrected chi connectivity index (χ0v) is 15.4. The molecule has 0 amide bonds. The van der Waals surface area contributed by atoms with E-state index in [0.717, 1.165) is 49.1 Å². The summed E-state index contributed by atoms with van der Waals surface area (Å²) in [6, 6.07) is 11.7. The third-order valence-corrected chi connectivity index (χ3v) is 5.26. The number of nitrogens with zero attached hydrogens (tertiary/aromatic N) is 6. The molecular formula is C20H24N6O. The van der Waals surface area contributed by atoms with Crippen LogP contribution in [-0.2, 0) is 0 Å². The van der Waals surface area contributed by atoms with Gasteiger partial charge in [-0.05, 0) is 31.4 Å². The van der Waals surface area contributed by atoms with Gasteiger partial charge in [0.2, 0.25) is 5.95 Å². The van der Waals surface area contributed by atoms with Crippen LogP contribution < -0.4 is 4.90 Å². The highest BCUT2D eigenvalue weighted by Gasteiger charge is 2.29. The normalized spacial score (nSPS) is 16.4. The molecule has 0 spiro atoms. The summed E-state index contributed by atoms with van der Waals surface area (Å²) in [7, 11) is 0. The summed E-state index contributed by atoms with van der Waals surface area (Å²) in [5.41, 5.74) is 1.07. The van der Waals surface area contributed by atoms with E-state index in [1.54, 1.807) is 12.4 Å². The van der Waals surface area contributed by atoms with Gasteiger partial charge in [0.05, 0.1) is 12.6 Å². The Hall–Kier alpha value is -2.80. The van der Waals surface area contributed by atoms with Crippen molar-refractivity contribution in [2.24, 2.45) is 0 Å². The highest BCUT2D eigenvalue weighted by atomic mass is 16.3. The van der Waals surface area contributed by atoms with E-state index in [9.17, 15) is 5.11 Å². The number of aliphatic hydroxyl groups excluding tert-OH is 1. The van der Waals surface area contributed by atoms with Gasteiger partial charge in [-0.25, -0.2) is 9.97 Å². The third-order valence-electron chi connectivity index (χ3n) is 5.26. The molecule has 1 aliphatic rings. The molecule has 1 saturated heterocycles. The predicted molar refractivity (Wildman–Crippen MR) is 103 cm³/mol. The number of benzene rings is 1. The molecule has 0 unspecified atom stereocenters. The van der Waals surface area contributed by atoms with Crippen molar-refractivity contribution in [3.8, 4) is 0 Å². The van der Waals surface area contributed by atoms with Crippen LogP contribution in [0.1, 0.15) is 42.0 Å². The van der Waals surface area contributed by atoms with E-state index in [1.165, 1.54) is 0 Å². The molecule has 0 bridgehead atoms. The van der Waals surface area contributed by atoms with Crippen molar-refractivity contribution < 1.29 is 5.11 Å². The van der Waals surface area contributed by atoms with Crippen molar-refractivity contribution in [2.45, 2.75) is 31.7 Å². The molecule has 0 aliphatic carbocycles. The second-order valence-corrected chi connectivity index (χ2v) is 6.89. The topological polar surface area (TPSA) is 80.0 Å². The van der Waals surface area contributed by atoms with Crippen LogP contribution in [0.5, 0.6) is 0 Å². The van der Waals surface area contributed by atoms with E-state index in [2.05, 4.69) is 29.6 Å². The fourth-order valence-corrected chi connectivity index (χ4v) is 3.85. The van der Waals surface area contributed by atoms with Crippen LogP contribution in [0.15, 0.2) is 48.8 Å². The molecular weight excluding hydrogens is 340 g/mol. The zero-order valence-electron chi connectivity index (χ0n) is 15.4. The number of aryl methyl sites for hydroxylation is 1. The minimum atomic E-state index is -0.160. The molecule has 1 atom stereocenters. The molecule has 1 fully saturated rings. The van der Waals surface area contributed by atoms with Crippen molar-refractivity contribution in [1.29, 1.82) is 0 Å². The van der Waals surface area contributed by atoms with Gasteiger partial charge in [-0.3, -0.25) is 0 Å². The van der Waals surface area contributed by atoms with Gasteiger partial charge >= 0.3 is 0 Å². The SMILES string of the molecule is Cc1nnc(C2CCN(c3ncccn3)CC2)n1[C@@H](CO)c1ccccc1. The quantitative estimate of drug-likeness (QED) is 0.749. The minimum absolute atomic E-state index is 0.0204. The highest BCUT2D eigenvalue weighted by Crippen LogP contribution is 2.31. The van der Waals surface area contributed by atoms with Crippen LogP contribution in [0, 0.1) is 6.92 Å². The Balaban J connectivity index is 1.56. The minimum Gasteiger partial charge on any atom is -0.394 e. The summed E-state index contributed by atoms with van der Waals surface area (Å²) in [6.07, 6.45) is 5.48. The Labute approximate surface area is 158 Å². The van der Waals surface area contributed by atoms with Crippen LogP contribution in [0.3, 0.4) is 0 Å². The maximum Gasteiger partial charge on any atom is 0.225 e. The largest absolute Gasteiger partial charge is 0.394 e. The van der Waals surface area contributed by atoms with Gasteiger partial charge in [-0.15, -0.1) is 10.2 Å². The van der Waals surface area contributed by atoms with Crippen molar-refractivity contribution in [1.82, 2.24) is 24.7 Å². The number of piperidine rings is 1. The number of anilines is 1. The molecule has 7 nitrogen and oxygen atoms in total. The van der Waals surface area contributed by atoms with Crippen LogP contribution in [0.25, 0.3) is 0 Å². The third kappa shape index (κ3) is 3.55. The summed E-state index contributed by atoms with van der Waals surface area (Å²) < 4.78 is 2.11. The molecule has 3 heterocycles. The van der Waals surface area contributed by atoms with E-state index >= 15 is 0 Å². The first kappa shape index (κ1) is 17.6. The molecule has 3 aromatic rings. The molecule has 1 aromatic carbocycles. The molecule has 1 aliphatic heterocycles. The number of aromatic nitrogens is 5. The van der Waals surface area contributed by atoms with Crippen LogP contribution >= 0.6 is 0 Å². The first-order chi connectivity index (χ1) is 13.3. The Morgan fingerprint density at radius 2 is 1.74 bits per heavy atom. The molecule has 2 aromatic heterocycles. The number of hydrogen-bond acceptors (Lipinski definition) is 6. The monoisotopic (exact) mass is 364 g/mol. The lowest BCUT2D eigenvalue weighted by Crippen LogP contribution is -2.35. The molecule has 0 radical (unpaired) electrons. The molecule has 7 heteroatoms. The van der Waals surface area contributed by atoms with E-state index in [-0.39, 0.29) is 12.6 Å². The first-order valence-electron chi connectivity index (χ1n) is 9.37.